The second-order valence-electron chi connectivity index (χ2n) is 5.19. The van der Waals surface area contributed by atoms with E-state index in [9.17, 15) is 9.59 Å². The number of hydrogen-bond acceptors (Lipinski definition) is 3. The molecule has 101 valence electrons. The number of carbonyl (C=O) groups excluding carboxylic acids is 2. The van der Waals surface area contributed by atoms with Crippen molar-refractivity contribution in [1.82, 2.24) is 9.47 Å². The van der Waals surface area contributed by atoms with E-state index in [-0.39, 0.29) is 11.9 Å². The lowest BCUT2D eigenvalue weighted by atomic mass is 10.2. The van der Waals surface area contributed by atoms with E-state index in [2.05, 4.69) is 6.92 Å². The molecular weight excluding hydrogens is 244 g/mol. The molecule has 1 fully saturated rings. The summed E-state index contributed by atoms with van der Waals surface area (Å²) in [6.07, 6.45) is 4.01. The van der Waals surface area contributed by atoms with Crippen LogP contribution in [0.4, 0.5) is 0 Å². The van der Waals surface area contributed by atoms with Crippen molar-refractivity contribution in [2.24, 2.45) is 0 Å². The highest BCUT2D eigenvalue weighted by molar-refractivity contribution is 5.95. The van der Waals surface area contributed by atoms with Crippen LogP contribution in [-0.2, 0) is 22.7 Å². The molecule has 2 aliphatic rings. The molecule has 1 aromatic heterocycles. The van der Waals surface area contributed by atoms with Gasteiger partial charge in [0.15, 0.2) is 0 Å². The molecule has 0 unspecified atom stereocenters. The molecule has 1 aromatic rings. The summed E-state index contributed by atoms with van der Waals surface area (Å²) in [4.78, 5) is 25.5. The van der Waals surface area contributed by atoms with Crippen LogP contribution in [0.5, 0.6) is 0 Å². The second kappa shape index (κ2) is 4.81. The highest BCUT2D eigenvalue weighted by atomic mass is 16.5. The Hall–Kier alpha value is -1.62. The lowest BCUT2D eigenvalue weighted by Gasteiger charge is -2.24. The van der Waals surface area contributed by atoms with Gasteiger partial charge in [0.05, 0.1) is 24.5 Å². The van der Waals surface area contributed by atoms with Gasteiger partial charge in [-0.15, -0.1) is 0 Å². The van der Waals surface area contributed by atoms with Gasteiger partial charge in [-0.25, -0.2) is 0 Å². The Balaban J connectivity index is 1.98. The largest absolute Gasteiger partial charge is 0.373 e. The second-order valence-corrected chi connectivity index (χ2v) is 5.19. The van der Waals surface area contributed by atoms with Gasteiger partial charge in [0.1, 0.15) is 5.69 Å². The number of nitrogens with zero attached hydrogens (tertiary/aromatic N) is 2. The average Bonchev–Trinajstić information content (AvgIpc) is 3.01. The van der Waals surface area contributed by atoms with Gasteiger partial charge in [0.2, 0.25) is 6.29 Å². The van der Waals surface area contributed by atoms with Crippen molar-refractivity contribution in [1.29, 1.82) is 0 Å². The number of rotatable bonds is 2. The summed E-state index contributed by atoms with van der Waals surface area (Å²) in [5.74, 6) is 0.0228. The normalized spacial score (nSPS) is 22.4. The first kappa shape index (κ1) is 12.4. The summed E-state index contributed by atoms with van der Waals surface area (Å²) in [6.45, 7) is 4.46. The monoisotopic (exact) mass is 261 g/mol. The van der Waals surface area contributed by atoms with Gasteiger partial charge < -0.3 is 14.2 Å². The number of ether oxygens (including phenoxy) is 1. The van der Waals surface area contributed by atoms with Crippen LogP contribution in [0.25, 0.3) is 0 Å². The minimum absolute atomic E-state index is 0.0228. The number of amides is 1. The molecule has 5 nitrogen and oxygen atoms in total. The van der Waals surface area contributed by atoms with Crippen LogP contribution in [0.2, 0.25) is 0 Å². The van der Waals surface area contributed by atoms with Crippen molar-refractivity contribution in [3.63, 3.8) is 0 Å². The van der Waals surface area contributed by atoms with Crippen LogP contribution < -0.4 is 0 Å². The molecule has 0 saturated carbocycles. The lowest BCUT2D eigenvalue weighted by Crippen LogP contribution is -2.35. The first-order chi connectivity index (χ1) is 9.22. The van der Waals surface area contributed by atoms with Gasteiger partial charge in [-0.3, -0.25) is 9.59 Å². The van der Waals surface area contributed by atoms with Gasteiger partial charge in [-0.1, -0.05) is 0 Å². The molecule has 2 aliphatic heterocycles. The maximum Gasteiger partial charge on any atom is 0.270 e. The number of hydrogen-bond donors (Lipinski definition) is 0. The lowest BCUT2D eigenvalue weighted by molar-refractivity contribution is 0.0689. The smallest absolute Gasteiger partial charge is 0.270 e. The molecule has 0 bridgehead atoms. The summed E-state index contributed by atoms with van der Waals surface area (Å²) in [5, 5.41) is 0. The zero-order valence-corrected chi connectivity index (χ0v) is 11.0. The van der Waals surface area contributed by atoms with E-state index < -0.39 is 0 Å². The van der Waals surface area contributed by atoms with Crippen LogP contribution in [0.15, 0.2) is 6.07 Å². The zero-order valence-electron chi connectivity index (χ0n) is 11.0. The molecule has 1 radical (unpaired) electrons. The molecular formula is C14H17N2O3. The Labute approximate surface area is 112 Å². The topological polar surface area (TPSA) is 51.5 Å². The number of carbonyl (C=O) groups is 1. The van der Waals surface area contributed by atoms with Crippen molar-refractivity contribution in [2.45, 2.75) is 39.0 Å². The third-order valence-electron chi connectivity index (χ3n) is 4.05. The van der Waals surface area contributed by atoms with Crippen LogP contribution >= 0.6 is 0 Å². The Morgan fingerprint density at radius 3 is 3.00 bits per heavy atom. The highest BCUT2D eigenvalue weighted by Gasteiger charge is 2.30. The quantitative estimate of drug-likeness (QED) is 0.801. The van der Waals surface area contributed by atoms with Gasteiger partial charge in [-0.05, 0) is 25.8 Å². The van der Waals surface area contributed by atoms with Crippen molar-refractivity contribution in [2.75, 3.05) is 13.2 Å². The zero-order chi connectivity index (χ0) is 13.4. The summed E-state index contributed by atoms with van der Waals surface area (Å²) in [7, 11) is 0. The number of aromatic nitrogens is 1. The first-order valence-corrected chi connectivity index (χ1v) is 6.71. The van der Waals surface area contributed by atoms with E-state index in [4.69, 9.17) is 4.74 Å². The standard InChI is InChI=1S/C14H17N2O3/c1-10-3-2-4-15(10)14(18)12-7-11(8-17)13-9-19-6-5-16(12)13/h7,10H,2-6,9H2,1H3/t10-/m0/s1. The minimum Gasteiger partial charge on any atom is -0.373 e. The summed E-state index contributed by atoms with van der Waals surface area (Å²) < 4.78 is 7.27. The SMILES string of the molecule is C[C@H]1CCCN1C(=O)c1cc([C]=O)c2n1CCOC2. The Kier molecular flexibility index (Phi) is 3.14. The molecule has 0 spiro atoms. The minimum atomic E-state index is 0.0228. The van der Waals surface area contributed by atoms with E-state index in [1.165, 1.54) is 0 Å². The fraction of sp³-hybridized carbons (Fsp3) is 0.571. The molecule has 1 amide bonds. The molecule has 19 heavy (non-hydrogen) atoms. The van der Waals surface area contributed by atoms with E-state index in [1.54, 1.807) is 6.07 Å². The average molecular weight is 261 g/mol. The van der Waals surface area contributed by atoms with Crippen LogP contribution in [0, 0.1) is 0 Å². The van der Waals surface area contributed by atoms with Crippen molar-refractivity contribution in [3.8, 4) is 0 Å². The van der Waals surface area contributed by atoms with Crippen LogP contribution in [0.1, 0.15) is 41.5 Å². The number of likely N-dealkylation sites (tertiary alicyclic amines) is 1. The third-order valence-corrected chi connectivity index (χ3v) is 4.05. The van der Waals surface area contributed by atoms with Gasteiger partial charge in [0.25, 0.3) is 5.91 Å². The van der Waals surface area contributed by atoms with Crippen LogP contribution in [-0.4, -0.2) is 40.9 Å². The molecule has 1 atom stereocenters. The summed E-state index contributed by atoms with van der Waals surface area (Å²) in [6, 6.07) is 1.94. The number of fused-ring (bicyclic) bond motifs is 1. The molecule has 3 rings (SSSR count). The van der Waals surface area contributed by atoms with Gasteiger partial charge >= 0.3 is 0 Å². The third kappa shape index (κ3) is 1.98. The van der Waals surface area contributed by atoms with Gasteiger partial charge in [-0.2, -0.15) is 0 Å². The fourth-order valence-corrected chi connectivity index (χ4v) is 2.97. The molecule has 3 heterocycles. The van der Waals surface area contributed by atoms with Crippen molar-refractivity contribution in [3.05, 3.63) is 23.0 Å². The van der Waals surface area contributed by atoms with Crippen LogP contribution in [0.3, 0.4) is 0 Å². The fourth-order valence-electron chi connectivity index (χ4n) is 2.97. The Bertz CT molecular complexity index is 521. The molecule has 5 heteroatoms. The molecule has 0 aliphatic carbocycles. The molecule has 1 saturated heterocycles. The Morgan fingerprint density at radius 2 is 2.32 bits per heavy atom. The van der Waals surface area contributed by atoms with E-state index in [0.29, 0.717) is 31.0 Å². The van der Waals surface area contributed by atoms with Gasteiger partial charge in [0, 0.05) is 19.1 Å². The van der Waals surface area contributed by atoms with Crippen molar-refractivity contribution >= 4 is 12.2 Å². The first-order valence-electron chi connectivity index (χ1n) is 6.71. The summed E-state index contributed by atoms with van der Waals surface area (Å²) >= 11 is 0. The Morgan fingerprint density at radius 1 is 1.47 bits per heavy atom. The summed E-state index contributed by atoms with van der Waals surface area (Å²) in [5.41, 5.74) is 1.83. The predicted molar refractivity (Wildman–Crippen MR) is 68.6 cm³/mol. The van der Waals surface area contributed by atoms with E-state index in [1.807, 2.05) is 15.8 Å². The highest BCUT2D eigenvalue weighted by Crippen LogP contribution is 2.24. The van der Waals surface area contributed by atoms with E-state index in [0.717, 1.165) is 25.1 Å². The maximum absolute atomic E-state index is 12.6. The van der Waals surface area contributed by atoms with Crippen molar-refractivity contribution < 1.29 is 14.3 Å². The maximum atomic E-state index is 12.6. The predicted octanol–water partition coefficient (Wildman–Crippen LogP) is 1.10. The molecule has 0 N–H and O–H groups in total. The molecule has 0 aromatic carbocycles. The van der Waals surface area contributed by atoms with E-state index >= 15 is 0 Å².